The third-order valence-electron chi connectivity index (χ3n) is 1.86. The van der Waals surface area contributed by atoms with Gasteiger partial charge in [0.25, 0.3) is 0 Å². The molecule has 2 N–H and O–H groups in total. The van der Waals surface area contributed by atoms with Crippen molar-refractivity contribution in [1.82, 2.24) is 4.98 Å². The zero-order valence-corrected chi connectivity index (χ0v) is 8.89. The smallest absolute Gasteiger partial charge is 0.224 e. The third kappa shape index (κ3) is 5.09. The quantitative estimate of drug-likeness (QED) is 0.543. The van der Waals surface area contributed by atoms with E-state index in [2.05, 4.69) is 4.98 Å². The zero-order chi connectivity index (χ0) is 11.8. The van der Waals surface area contributed by atoms with Gasteiger partial charge in [-0.15, -0.1) is 0 Å². The van der Waals surface area contributed by atoms with Crippen LogP contribution >= 0.6 is 0 Å². The van der Waals surface area contributed by atoms with Crippen molar-refractivity contribution in [2.24, 2.45) is 5.73 Å². The van der Waals surface area contributed by atoms with Gasteiger partial charge in [0.2, 0.25) is 11.8 Å². The predicted octanol–water partition coefficient (Wildman–Crippen LogP) is 0.685. The predicted molar refractivity (Wildman–Crippen MR) is 57.8 cm³/mol. The average molecular weight is 222 g/mol. The maximum Gasteiger partial charge on any atom is 0.224 e. The summed E-state index contributed by atoms with van der Waals surface area (Å²) < 4.78 is 5.28. The lowest BCUT2D eigenvalue weighted by Gasteiger charge is -2.03. The molecule has 0 saturated heterocycles. The molecule has 0 spiro atoms. The normalized spacial score (nSPS) is 9.75. The molecule has 1 amide bonds. The molecule has 86 valence electrons. The molecule has 1 heterocycles. The number of amides is 1. The van der Waals surface area contributed by atoms with Crippen LogP contribution in [-0.2, 0) is 9.59 Å². The fourth-order valence-corrected chi connectivity index (χ4v) is 1.16. The highest BCUT2D eigenvalue weighted by molar-refractivity contribution is 5.97. The topological polar surface area (TPSA) is 82.3 Å². The van der Waals surface area contributed by atoms with Gasteiger partial charge in [-0.25, -0.2) is 4.98 Å². The summed E-state index contributed by atoms with van der Waals surface area (Å²) in [7, 11) is 0. The average Bonchev–Trinajstić information content (AvgIpc) is 2.25. The van der Waals surface area contributed by atoms with Gasteiger partial charge in [-0.05, 0) is 12.5 Å². The summed E-state index contributed by atoms with van der Waals surface area (Å²) in [6.07, 6.45) is 2.30. The molecule has 0 aliphatic heterocycles. The molecule has 0 saturated carbocycles. The van der Waals surface area contributed by atoms with Gasteiger partial charge in [0, 0.05) is 18.7 Å². The molecule has 0 aliphatic carbocycles. The molecule has 5 nitrogen and oxygen atoms in total. The first-order valence-electron chi connectivity index (χ1n) is 5.02. The van der Waals surface area contributed by atoms with Crippen LogP contribution < -0.4 is 10.5 Å². The number of Topliss-reactive ketones (excluding diaryl/α,β-unsaturated/α-hetero) is 1. The van der Waals surface area contributed by atoms with Gasteiger partial charge in [0.05, 0.1) is 13.0 Å². The number of carbonyl (C=O) groups excluding carboxylic acids is 2. The lowest BCUT2D eigenvalue weighted by Crippen LogP contribution is -2.16. The van der Waals surface area contributed by atoms with Gasteiger partial charge >= 0.3 is 0 Å². The van der Waals surface area contributed by atoms with Crippen LogP contribution in [0.3, 0.4) is 0 Å². The molecule has 16 heavy (non-hydrogen) atoms. The van der Waals surface area contributed by atoms with Crippen molar-refractivity contribution in [3.63, 3.8) is 0 Å². The minimum Gasteiger partial charge on any atom is -0.478 e. The maximum atomic E-state index is 11.1. The second-order valence-electron chi connectivity index (χ2n) is 3.30. The van der Waals surface area contributed by atoms with Crippen LogP contribution in [0.15, 0.2) is 24.4 Å². The summed E-state index contributed by atoms with van der Waals surface area (Å²) in [5.74, 6) is -0.211. The van der Waals surface area contributed by atoms with E-state index in [1.165, 1.54) is 0 Å². The van der Waals surface area contributed by atoms with Crippen LogP contribution in [0.4, 0.5) is 0 Å². The summed E-state index contributed by atoms with van der Waals surface area (Å²) in [5, 5.41) is 0. The van der Waals surface area contributed by atoms with Crippen molar-refractivity contribution in [3.05, 3.63) is 24.4 Å². The number of carbonyl (C=O) groups is 2. The van der Waals surface area contributed by atoms with E-state index in [1.54, 1.807) is 18.3 Å². The van der Waals surface area contributed by atoms with Gasteiger partial charge in [0.1, 0.15) is 5.78 Å². The minimum absolute atomic E-state index is 0.155. The largest absolute Gasteiger partial charge is 0.478 e. The number of primary amides is 1. The Labute approximate surface area is 93.6 Å². The van der Waals surface area contributed by atoms with Crippen LogP contribution in [-0.4, -0.2) is 23.3 Å². The van der Waals surface area contributed by atoms with Crippen LogP contribution in [0, 0.1) is 0 Å². The Morgan fingerprint density at radius 1 is 1.38 bits per heavy atom. The van der Waals surface area contributed by atoms with Crippen molar-refractivity contribution in [2.75, 3.05) is 6.61 Å². The number of ketones is 1. The first-order chi connectivity index (χ1) is 7.68. The maximum absolute atomic E-state index is 11.1. The minimum atomic E-state index is -0.587. The fraction of sp³-hybridized carbons (Fsp3) is 0.364. The van der Waals surface area contributed by atoms with E-state index >= 15 is 0 Å². The lowest BCUT2D eigenvalue weighted by atomic mass is 10.2. The molecule has 0 radical (unpaired) electrons. The Hall–Kier alpha value is -1.91. The zero-order valence-electron chi connectivity index (χ0n) is 8.89. The van der Waals surface area contributed by atoms with E-state index in [0.717, 1.165) is 0 Å². The molecule has 0 bridgehead atoms. The molecule has 1 rings (SSSR count). The lowest BCUT2D eigenvalue weighted by molar-refractivity contribution is -0.126. The number of pyridine rings is 1. The van der Waals surface area contributed by atoms with E-state index in [4.69, 9.17) is 10.5 Å². The van der Waals surface area contributed by atoms with Crippen molar-refractivity contribution >= 4 is 11.7 Å². The van der Waals surface area contributed by atoms with Crippen LogP contribution in [0.2, 0.25) is 0 Å². The Morgan fingerprint density at radius 2 is 2.19 bits per heavy atom. The SMILES string of the molecule is NC(=O)CC(=O)CCCOc1ccccn1. The second kappa shape index (κ2) is 6.55. The van der Waals surface area contributed by atoms with E-state index in [0.29, 0.717) is 25.3 Å². The molecular formula is C11H14N2O3. The summed E-state index contributed by atoms with van der Waals surface area (Å²) in [6, 6.07) is 5.36. The van der Waals surface area contributed by atoms with Crippen molar-refractivity contribution in [2.45, 2.75) is 19.3 Å². The Bertz CT molecular complexity index is 352. The van der Waals surface area contributed by atoms with E-state index < -0.39 is 5.91 Å². The summed E-state index contributed by atoms with van der Waals surface area (Å²) >= 11 is 0. The highest BCUT2D eigenvalue weighted by atomic mass is 16.5. The first-order valence-corrected chi connectivity index (χ1v) is 5.02. The highest BCUT2D eigenvalue weighted by Gasteiger charge is 2.05. The van der Waals surface area contributed by atoms with Gasteiger partial charge in [-0.2, -0.15) is 0 Å². The molecular weight excluding hydrogens is 208 g/mol. The Morgan fingerprint density at radius 3 is 2.81 bits per heavy atom. The van der Waals surface area contributed by atoms with Gasteiger partial charge < -0.3 is 10.5 Å². The van der Waals surface area contributed by atoms with Gasteiger partial charge in [-0.3, -0.25) is 9.59 Å². The van der Waals surface area contributed by atoms with Crippen LogP contribution in [0.1, 0.15) is 19.3 Å². The standard InChI is InChI=1S/C11H14N2O3/c12-10(15)8-9(14)4-3-7-16-11-5-1-2-6-13-11/h1-2,5-6H,3-4,7-8H2,(H2,12,15). The summed E-state index contributed by atoms with van der Waals surface area (Å²) in [5.41, 5.74) is 4.89. The number of nitrogens with zero attached hydrogens (tertiary/aromatic N) is 1. The monoisotopic (exact) mass is 222 g/mol. The summed E-state index contributed by atoms with van der Waals surface area (Å²) in [6.45, 7) is 0.404. The van der Waals surface area contributed by atoms with E-state index in [-0.39, 0.29) is 12.2 Å². The summed E-state index contributed by atoms with van der Waals surface area (Å²) in [4.78, 5) is 25.5. The van der Waals surface area contributed by atoms with Gasteiger partial charge in [-0.1, -0.05) is 6.07 Å². The molecule has 0 fully saturated rings. The van der Waals surface area contributed by atoms with Crippen molar-refractivity contribution in [1.29, 1.82) is 0 Å². The first kappa shape index (κ1) is 12.2. The fourth-order valence-electron chi connectivity index (χ4n) is 1.16. The molecule has 0 aliphatic rings. The Balaban J connectivity index is 2.13. The van der Waals surface area contributed by atoms with Gasteiger partial charge in [0.15, 0.2) is 0 Å². The van der Waals surface area contributed by atoms with E-state index in [9.17, 15) is 9.59 Å². The number of nitrogens with two attached hydrogens (primary N) is 1. The molecule has 0 atom stereocenters. The molecule has 0 unspecified atom stereocenters. The van der Waals surface area contributed by atoms with Crippen molar-refractivity contribution < 1.29 is 14.3 Å². The van der Waals surface area contributed by atoms with Crippen molar-refractivity contribution in [3.8, 4) is 5.88 Å². The third-order valence-corrected chi connectivity index (χ3v) is 1.86. The second-order valence-corrected chi connectivity index (χ2v) is 3.30. The van der Waals surface area contributed by atoms with Crippen LogP contribution in [0.5, 0.6) is 5.88 Å². The van der Waals surface area contributed by atoms with E-state index in [1.807, 2.05) is 6.07 Å². The number of hydrogen-bond donors (Lipinski definition) is 1. The van der Waals surface area contributed by atoms with Crippen LogP contribution in [0.25, 0.3) is 0 Å². The number of hydrogen-bond acceptors (Lipinski definition) is 4. The molecule has 0 aromatic carbocycles. The number of ether oxygens (including phenoxy) is 1. The molecule has 1 aromatic heterocycles. The highest BCUT2D eigenvalue weighted by Crippen LogP contribution is 2.04. The molecule has 5 heteroatoms. The number of aromatic nitrogens is 1. The molecule has 1 aromatic rings. The Kier molecular flexibility index (Phi) is 4.98. The number of rotatable bonds is 7.